The first-order valence-corrected chi connectivity index (χ1v) is 21.2. The maximum Gasteiger partial charge on any atom is 0.335 e. The lowest BCUT2D eigenvalue weighted by Gasteiger charge is -2.13. The highest BCUT2D eigenvalue weighted by Gasteiger charge is 2.23. The minimum atomic E-state index is -0.900. The van der Waals surface area contributed by atoms with Crippen LogP contribution in [-0.2, 0) is 26.1 Å². The van der Waals surface area contributed by atoms with E-state index in [1.165, 1.54) is 39.1 Å². The summed E-state index contributed by atoms with van der Waals surface area (Å²) in [6.45, 7) is 3.94. The van der Waals surface area contributed by atoms with E-state index in [2.05, 4.69) is 25.6 Å². The molecule has 0 bridgehead atoms. The second-order valence-corrected chi connectivity index (χ2v) is 15.9. The number of rotatable bonds is 16. The molecule has 66 heavy (non-hydrogen) atoms. The lowest BCUT2D eigenvalue weighted by molar-refractivity contribution is 0.298. The molecule has 2 N–H and O–H groups in total. The molecule has 0 aliphatic carbocycles. The Morgan fingerprint density at radius 2 is 1.30 bits per heavy atom. The number of aromatic nitrogens is 8. The Kier molecular flexibility index (Phi) is 12.1. The van der Waals surface area contributed by atoms with Gasteiger partial charge in [0.05, 0.1) is 37.4 Å². The Hall–Kier alpha value is -8.21. The van der Waals surface area contributed by atoms with E-state index >= 15 is 8.78 Å². The number of nitrogens with zero attached hydrogens (tertiary/aromatic N) is 8. The molecule has 334 valence electrons. The van der Waals surface area contributed by atoms with E-state index in [1.807, 2.05) is 44.2 Å². The van der Waals surface area contributed by atoms with Crippen molar-refractivity contribution in [1.29, 1.82) is 0 Å². The molecule has 0 atom stereocenters. The third-order valence-corrected chi connectivity index (χ3v) is 10.9. The fourth-order valence-corrected chi connectivity index (χ4v) is 7.72. The highest BCUT2D eigenvalue weighted by molar-refractivity contribution is 5.76. The van der Waals surface area contributed by atoms with Crippen LogP contribution >= 0.6 is 0 Å². The summed E-state index contributed by atoms with van der Waals surface area (Å²) in [7, 11) is 1.51. The molecule has 4 aromatic heterocycles. The standard InChI is InChI=1S/C49H43F3N10O4/c1-30(2)27-59-41-25-54-46(53-22-21-31-11-7-8-18-39(31)50)57-44(41)62(48(59)63)35-15-10-17-37(24-35)66-29-32-19-20-40(51)38(43(32)52)28-60-42-26-55-47(56-33-12-5-4-6-13-33)58-45(42)61(49(60)64)34-14-9-16-36(23-34)65-3/h4-20,23-26,30H,21-22,27-29H2,1-3H3,(H,53,54,57)(H,55,56,58). The molecule has 0 aliphatic rings. The van der Waals surface area contributed by atoms with Crippen LogP contribution in [0.1, 0.15) is 30.5 Å². The van der Waals surface area contributed by atoms with Gasteiger partial charge in [-0.05, 0) is 72.5 Å². The molecular weight excluding hydrogens is 850 g/mol. The molecule has 0 saturated heterocycles. The molecule has 0 amide bonds. The van der Waals surface area contributed by atoms with E-state index in [0.717, 1.165) is 11.8 Å². The summed E-state index contributed by atoms with van der Waals surface area (Å²) in [4.78, 5) is 46.6. The highest BCUT2D eigenvalue weighted by atomic mass is 19.1. The van der Waals surface area contributed by atoms with Crippen LogP contribution < -0.4 is 31.5 Å². The summed E-state index contributed by atoms with van der Waals surface area (Å²) in [5, 5.41) is 6.27. The fraction of sp³-hybridized carbons (Fsp3) is 0.184. The number of hydrogen-bond acceptors (Lipinski definition) is 10. The van der Waals surface area contributed by atoms with Crippen molar-refractivity contribution in [2.75, 3.05) is 24.3 Å². The molecule has 0 fully saturated rings. The number of anilines is 3. The van der Waals surface area contributed by atoms with Gasteiger partial charge in [-0.25, -0.2) is 41.9 Å². The number of para-hydroxylation sites is 1. The van der Waals surface area contributed by atoms with E-state index in [-0.39, 0.29) is 58.2 Å². The normalized spacial score (nSPS) is 11.4. The molecule has 9 aromatic rings. The molecule has 4 heterocycles. The van der Waals surface area contributed by atoms with Crippen molar-refractivity contribution in [3.05, 3.63) is 183 Å². The minimum absolute atomic E-state index is 0.0246. The summed E-state index contributed by atoms with van der Waals surface area (Å²) in [6, 6.07) is 31.7. The molecule has 0 radical (unpaired) electrons. The SMILES string of the molecule is COc1cccc(-n2c(=O)n(Cc3c(F)ccc(COc4cccc(-n5c(=O)n(CC(C)C)c6cnc(NCCc7ccccc7F)nc65)c4)c3F)c3cnc(Nc4ccccc4)nc32)c1. The van der Waals surface area contributed by atoms with Crippen molar-refractivity contribution in [2.24, 2.45) is 5.92 Å². The first kappa shape index (κ1) is 43.1. The maximum atomic E-state index is 16.5. The largest absolute Gasteiger partial charge is 0.497 e. The summed E-state index contributed by atoms with van der Waals surface area (Å²) >= 11 is 0. The van der Waals surface area contributed by atoms with Crippen molar-refractivity contribution in [3.63, 3.8) is 0 Å². The Labute approximate surface area is 375 Å². The predicted octanol–water partition coefficient (Wildman–Crippen LogP) is 8.59. The zero-order chi connectivity index (χ0) is 45.9. The summed E-state index contributed by atoms with van der Waals surface area (Å²) in [5.74, 6) is -0.696. The number of nitrogens with one attached hydrogen (secondary N) is 2. The molecule has 0 aliphatic heterocycles. The van der Waals surface area contributed by atoms with Crippen LogP contribution in [0.25, 0.3) is 33.7 Å². The van der Waals surface area contributed by atoms with Gasteiger partial charge >= 0.3 is 11.4 Å². The van der Waals surface area contributed by atoms with Crippen molar-refractivity contribution in [2.45, 2.75) is 40.0 Å². The van der Waals surface area contributed by atoms with Gasteiger partial charge in [-0.1, -0.05) is 62.4 Å². The van der Waals surface area contributed by atoms with Crippen molar-refractivity contribution >= 4 is 39.9 Å². The smallest absolute Gasteiger partial charge is 0.335 e. The molecule has 14 nitrogen and oxygen atoms in total. The number of ether oxygens (including phenoxy) is 2. The van der Waals surface area contributed by atoms with Gasteiger partial charge < -0.3 is 20.1 Å². The van der Waals surface area contributed by atoms with Gasteiger partial charge in [-0.3, -0.25) is 9.13 Å². The van der Waals surface area contributed by atoms with Crippen molar-refractivity contribution < 1.29 is 22.6 Å². The number of methoxy groups -OCH3 is 1. The fourth-order valence-electron chi connectivity index (χ4n) is 7.72. The van der Waals surface area contributed by atoms with Gasteiger partial charge in [0, 0.05) is 42.0 Å². The lowest BCUT2D eigenvalue weighted by Crippen LogP contribution is -2.25. The van der Waals surface area contributed by atoms with Crippen LogP contribution in [0.5, 0.6) is 11.5 Å². The second-order valence-electron chi connectivity index (χ2n) is 15.9. The minimum Gasteiger partial charge on any atom is -0.497 e. The van der Waals surface area contributed by atoms with E-state index in [0.29, 0.717) is 59.1 Å². The monoisotopic (exact) mass is 892 g/mol. The Bertz CT molecular complexity index is 3350. The molecule has 0 unspecified atom stereocenters. The van der Waals surface area contributed by atoms with Crippen LogP contribution in [-0.4, -0.2) is 51.9 Å². The van der Waals surface area contributed by atoms with Gasteiger partial charge in [-0.2, -0.15) is 9.97 Å². The van der Waals surface area contributed by atoms with E-state index in [1.54, 1.807) is 77.5 Å². The van der Waals surface area contributed by atoms with Gasteiger partial charge in [0.15, 0.2) is 11.3 Å². The van der Waals surface area contributed by atoms with Gasteiger partial charge in [0.1, 0.15) is 46.6 Å². The first-order chi connectivity index (χ1) is 32.1. The molecule has 5 aromatic carbocycles. The van der Waals surface area contributed by atoms with Crippen molar-refractivity contribution in [3.8, 4) is 22.9 Å². The van der Waals surface area contributed by atoms with Gasteiger partial charge in [-0.15, -0.1) is 0 Å². The maximum absolute atomic E-state index is 16.5. The van der Waals surface area contributed by atoms with Gasteiger partial charge in [0.25, 0.3) is 0 Å². The van der Waals surface area contributed by atoms with Crippen LogP contribution in [0.4, 0.5) is 30.8 Å². The number of benzene rings is 5. The number of fused-ring (bicyclic) bond motifs is 2. The third kappa shape index (κ3) is 8.69. The number of halogens is 3. The molecular formula is C49H43F3N10O4. The Balaban J connectivity index is 1.00. The van der Waals surface area contributed by atoms with E-state index < -0.39 is 23.9 Å². The number of hydrogen-bond donors (Lipinski definition) is 2. The Morgan fingerprint density at radius 3 is 2.02 bits per heavy atom. The first-order valence-electron chi connectivity index (χ1n) is 21.2. The zero-order valence-electron chi connectivity index (χ0n) is 36.1. The molecule has 0 spiro atoms. The third-order valence-electron chi connectivity index (χ3n) is 10.9. The molecule has 17 heteroatoms. The average Bonchev–Trinajstić information content (AvgIpc) is 3.75. The quantitative estimate of drug-likeness (QED) is 0.0967. The molecule has 0 saturated carbocycles. The van der Waals surface area contributed by atoms with Crippen LogP contribution in [0.2, 0.25) is 0 Å². The van der Waals surface area contributed by atoms with Crippen LogP contribution in [0.3, 0.4) is 0 Å². The van der Waals surface area contributed by atoms with E-state index in [4.69, 9.17) is 14.5 Å². The van der Waals surface area contributed by atoms with E-state index in [9.17, 15) is 14.0 Å². The summed E-state index contributed by atoms with van der Waals surface area (Å²) in [5.41, 5.74) is 2.11. The highest BCUT2D eigenvalue weighted by Crippen LogP contribution is 2.27. The Morgan fingerprint density at radius 1 is 0.667 bits per heavy atom. The van der Waals surface area contributed by atoms with Gasteiger partial charge in [0.2, 0.25) is 11.9 Å². The summed E-state index contributed by atoms with van der Waals surface area (Å²) < 4.78 is 63.6. The molecule has 9 rings (SSSR count). The summed E-state index contributed by atoms with van der Waals surface area (Å²) in [6.07, 6.45) is 3.41. The average molecular weight is 893 g/mol. The van der Waals surface area contributed by atoms with Crippen LogP contribution in [0.15, 0.2) is 137 Å². The topological polar surface area (TPSA) is 148 Å². The zero-order valence-corrected chi connectivity index (χ0v) is 36.1. The van der Waals surface area contributed by atoms with Crippen LogP contribution in [0, 0.1) is 23.4 Å². The second kappa shape index (κ2) is 18.5. The number of imidazole rings is 2. The predicted molar refractivity (Wildman–Crippen MR) is 246 cm³/mol. The van der Waals surface area contributed by atoms with Crippen molar-refractivity contribution in [1.82, 2.24) is 38.2 Å². The lowest BCUT2D eigenvalue weighted by atomic mass is 10.1.